The summed E-state index contributed by atoms with van der Waals surface area (Å²) in [6.07, 6.45) is 0.960. The van der Waals surface area contributed by atoms with Gasteiger partial charge >= 0.3 is 0 Å². The van der Waals surface area contributed by atoms with Gasteiger partial charge in [-0.1, -0.05) is 37.6 Å². The lowest BCUT2D eigenvalue weighted by molar-refractivity contribution is -0.119. The van der Waals surface area contributed by atoms with Crippen LogP contribution in [0.15, 0.2) is 42.5 Å². The number of fused-ring (bicyclic) bond motifs is 2. The molecule has 2 aromatic rings. The summed E-state index contributed by atoms with van der Waals surface area (Å²) in [7, 11) is 0. The lowest BCUT2D eigenvalue weighted by atomic mass is 10.1. The molecule has 0 aromatic heterocycles. The average molecular weight is 429 g/mol. The van der Waals surface area contributed by atoms with Gasteiger partial charge in [0.15, 0.2) is 0 Å². The van der Waals surface area contributed by atoms with Gasteiger partial charge in [-0.3, -0.25) is 14.5 Å². The van der Waals surface area contributed by atoms with E-state index in [4.69, 9.17) is 11.6 Å². The van der Waals surface area contributed by atoms with Crippen LogP contribution < -0.4 is 15.5 Å². The standard InChI is InChI=1S/C23H29ClN4O2/c1-4-27(5-2)14-8-13-25-16(3)23(30)28-20-10-7-6-9-18(20)22(29)26-19-15-17(24)11-12-21(19)28/h6-7,9-12,15-16,25H,4-5,8,13-14H2,1-3H3,(H,26,29)/t16-/m0/s1. The topological polar surface area (TPSA) is 64.7 Å². The van der Waals surface area contributed by atoms with Crippen molar-refractivity contribution in [2.24, 2.45) is 0 Å². The van der Waals surface area contributed by atoms with Crippen LogP contribution in [0.5, 0.6) is 0 Å². The predicted octanol–water partition coefficient (Wildman–Crippen LogP) is 4.28. The molecule has 0 saturated heterocycles. The van der Waals surface area contributed by atoms with Crippen molar-refractivity contribution < 1.29 is 9.59 Å². The molecule has 3 rings (SSSR count). The number of hydrogen-bond donors (Lipinski definition) is 2. The van der Waals surface area contributed by atoms with Crippen molar-refractivity contribution in [3.8, 4) is 0 Å². The Hall–Kier alpha value is -2.41. The molecule has 0 saturated carbocycles. The van der Waals surface area contributed by atoms with E-state index >= 15 is 0 Å². The minimum atomic E-state index is -0.411. The number of amides is 2. The van der Waals surface area contributed by atoms with Gasteiger partial charge in [-0.2, -0.15) is 0 Å². The number of anilines is 3. The minimum absolute atomic E-state index is 0.120. The molecule has 2 N–H and O–H groups in total. The van der Waals surface area contributed by atoms with E-state index in [1.54, 1.807) is 41.3 Å². The molecular formula is C23H29ClN4O2. The summed E-state index contributed by atoms with van der Waals surface area (Å²) >= 11 is 6.14. The molecule has 1 aliphatic rings. The number of carbonyl (C=O) groups is 2. The fourth-order valence-corrected chi connectivity index (χ4v) is 3.83. The molecule has 1 heterocycles. The first-order valence-corrected chi connectivity index (χ1v) is 10.8. The second-order valence-corrected chi connectivity index (χ2v) is 7.80. The van der Waals surface area contributed by atoms with Crippen LogP contribution in [0.2, 0.25) is 5.02 Å². The quantitative estimate of drug-likeness (QED) is 0.616. The van der Waals surface area contributed by atoms with E-state index in [1.807, 2.05) is 13.0 Å². The van der Waals surface area contributed by atoms with E-state index in [0.29, 0.717) is 27.6 Å². The Kier molecular flexibility index (Phi) is 7.48. The molecule has 0 unspecified atom stereocenters. The second-order valence-electron chi connectivity index (χ2n) is 7.36. The fraction of sp³-hybridized carbons (Fsp3) is 0.391. The van der Waals surface area contributed by atoms with Gasteiger partial charge < -0.3 is 15.5 Å². The first-order valence-electron chi connectivity index (χ1n) is 10.5. The van der Waals surface area contributed by atoms with E-state index in [1.165, 1.54) is 0 Å². The van der Waals surface area contributed by atoms with Crippen molar-refractivity contribution in [1.29, 1.82) is 0 Å². The van der Waals surface area contributed by atoms with Crippen molar-refractivity contribution in [3.63, 3.8) is 0 Å². The van der Waals surface area contributed by atoms with Gasteiger partial charge in [-0.15, -0.1) is 0 Å². The Morgan fingerprint density at radius 3 is 2.63 bits per heavy atom. The van der Waals surface area contributed by atoms with Gasteiger partial charge in [-0.25, -0.2) is 0 Å². The third-order valence-electron chi connectivity index (χ3n) is 5.42. The second kappa shape index (κ2) is 10.1. The molecule has 1 aliphatic heterocycles. The molecule has 0 fully saturated rings. The Bertz CT molecular complexity index is 914. The molecule has 30 heavy (non-hydrogen) atoms. The number of rotatable bonds is 8. The first kappa shape index (κ1) is 22.3. The average Bonchev–Trinajstić information content (AvgIpc) is 2.87. The SMILES string of the molecule is CCN(CC)CCCN[C@@H](C)C(=O)N1c2ccc(Cl)cc2NC(=O)c2ccccc21. The number of nitrogens with one attached hydrogen (secondary N) is 2. The van der Waals surface area contributed by atoms with Gasteiger partial charge in [0.2, 0.25) is 5.91 Å². The van der Waals surface area contributed by atoms with Crippen LogP contribution in [0.25, 0.3) is 0 Å². The monoisotopic (exact) mass is 428 g/mol. The van der Waals surface area contributed by atoms with Crippen LogP contribution in [0, 0.1) is 0 Å². The third kappa shape index (κ3) is 4.83. The normalized spacial score (nSPS) is 14.0. The maximum Gasteiger partial charge on any atom is 0.257 e. The number of halogens is 1. The van der Waals surface area contributed by atoms with E-state index < -0.39 is 6.04 Å². The van der Waals surface area contributed by atoms with Crippen LogP contribution in [0.1, 0.15) is 37.6 Å². The summed E-state index contributed by atoms with van der Waals surface area (Å²) in [5, 5.41) is 6.71. The molecule has 1 atom stereocenters. The zero-order chi connectivity index (χ0) is 21.7. The Balaban J connectivity index is 1.84. The van der Waals surface area contributed by atoms with E-state index in [-0.39, 0.29) is 11.8 Å². The molecular weight excluding hydrogens is 400 g/mol. The van der Waals surface area contributed by atoms with Crippen molar-refractivity contribution in [2.75, 3.05) is 36.4 Å². The Labute approximate surface area is 183 Å². The van der Waals surface area contributed by atoms with Crippen molar-refractivity contribution in [3.05, 3.63) is 53.1 Å². The first-order chi connectivity index (χ1) is 14.5. The molecule has 0 bridgehead atoms. The highest BCUT2D eigenvalue weighted by Crippen LogP contribution is 2.39. The molecule has 160 valence electrons. The van der Waals surface area contributed by atoms with Gasteiger partial charge in [0.05, 0.1) is 28.7 Å². The Morgan fingerprint density at radius 1 is 1.17 bits per heavy atom. The lowest BCUT2D eigenvalue weighted by Crippen LogP contribution is -2.44. The van der Waals surface area contributed by atoms with E-state index in [2.05, 4.69) is 29.4 Å². The van der Waals surface area contributed by atoms with Crippen molar-refractivity contribution in [1.82, 2.24) is 10.2 Å². The third-order valence-corrected chi connectivity index (χ3v) is 5.66. The highest BCUT2D eigenvalue weighted by atomic mass is 35.5. The molecule has 2 amide bonds. The van der Waals surface area contributed by atoms with Crippen LogP contribution in [0.3, 0.4) is 0 Å². The smallest absolute Gasteiger partial charge is 0.257 e. The van der Waals surface area contributed by atoms with Crippen molar-refractivity contribution >= 4 is 40.5 Å². The highest BCUT2D eigenvalue weighted by molar-refractivity contribution is 6.31. The summed E-state index contributed by atoms with van der Waals surface area (Å²) in [5.41, 5.74) is 2.15. The summed E-state index contributed by atoms with van der Waals surface area (Å²) in [4.78, 5) is 30.2. The van der Waals surface area contributed by atoms with E-state index in [9.17, 15) is 9.59 Å². The van der Waals surface area contributed by atoms with Gasteiger partial charge in [0.1, 0.15) is 0 Å². The molecule has 0 radical (unpaired) electrons. The maximum absolute atomic E-state index is 13.5. The van der Waals surface area contributed by atoms with Gasteiger partial charge in [-0.05, 0) is 69.9 Å². The molecule has 7 heteroatoms. The van der Waals surface area contributed by atoms with Crippen LogP contribution >= 0.6 is 11.6 Å². The van der Waals surface area contributed by atoms with Gasteiger partial charge in [0.25, 0.3) is 5.91 Å². The number of nitrogens with zero attached hydrogens (tertiary/aromatic N) is 2. The largest absolute Gasteiger partial charge is 0.320 e. The summed E-state index contributed by atoms with van der Waals surface area (Å²) in [6, 6.07) is 11.9. The molecule has 0 aliphatic carbocycles. The maximum atomic E-state index is 13.5. The number of para-hydroxylation sites is 1. The van der Waals surface area contributed by atoms with Crippen LogP contribution in [-0.2, 0) is 4.79 Å². The Morgan fingerprint density at radius 2 is 1.90 bits per heavy atom. The summed E-state index contributed by atoms with van der Waals surface area (Å²) in [5.74, 6) is -0.380. The zero-order valence-electron chi connectivity index (χ0n) is 17.7. The zero-order valence-corrected chi connectivity index (χ0v) is 18.5. The fourth-order valence-electron chi connectivity index (χ4n) is 3.66. The molecule has 2 aromatic carbocycles. The van der Waals surface area contributed by atoms with Crippen molar-refractivity contribution in [2.45, 2.75) is 33.2 Å². The predicted molar refractivity (Wildman–Crippen MR) is 123 cm³/mol. The summed E-state index contributed by atoms with van der Waals surface area (Å²) < 4.78 is 0. The minimum Gasteiger partial charge on any atom is -0.320 e. The number of hydrogen-bond acceptors (Lipinski definition) is 4. The van der Waals surface area contributed by atoms with E-state index in [0.717, 1.165) is 32.6 Å². The molecule has 0 spiro atoms. The highest BCUT2D eigenvalue weighted by Gasteiger charge is 2.31. The van der Waals surface area contributed by atoms with Crippen LogP contribution in [-0.4, -0.2) is 48.9 Å². The van der Waals surface area contributed by atoms with Crippen LogP contribution in [0.4, 0.5) is 17.1 Å². The summed E-state index contributed by atoms with van der Waals surface area (Å²) in [6.45, 7) is 9.94. The number of benzene rings is 2. The number of carbonyl (C=O) groups excluding carboxylic acids is 2. The molecule has 6 nitrogen and oxygen atoms in total. The lowest BCUT2D eigenvalue weighted by Gasteiger charge is -2.27. The van der Waals surface area contributed by atoms with Gasteiger partial charge in [0, 0.05) is 5.02 Å².